The van der Waals surface area contributed by atoms with Crippen LogP contribution in [-0.4, -0.2) is 29.1 Å². The second-order valence-electron chi connectivity index (χ2n) is 8.20. The maximum atomic E-state index is 13.7. The molecule has 2 heterocycles. The van der Waals surface area contributed by atoms with Gasteiger partial charge in [-0.05, 0) is 62.6 Å². The fourth-order valence-corrected chi connectivity index (χ4v) is 5.65. The lowest BCUT2D eigenvalue weighted by Crippen LogP contribution is -2.35. The summed E-state index contributed by atoms with van der Waals surface area (Å²) in [6.07, 6.45) is 0.358. The summed E-state index contributed by atoms with van der Waals surface area (Å²) in [6.45, 7) is 2.15. The number of benzene rings is 1. The van der Waals surface area contributed by atoms with Crippen LogP contribution in [0.3, 0.4) is 0 Å². The van der Waals surface area contributed by atoms with Gasteiger partial charge in [-0.2, -0.15) is 13.2 Å². The van der Waals surface area contributed by atoms with Crippen LogP contribution in [-0.2, 0) is 37.1 Å². The van der Waals surface area contributed by atoms with Crippen molar-refractivity contribution in [2.45, 2.75) is 45.1 Å². The number of carboxylic acid groups (broad SMARTS) is 1. The molecule has 11 heteroatoms. The third kappa shape index (κ3) is 4.06. The Morgan fingerprint density at radius 1 is 1.21 bits per heavy atom. The van der Waals surface area contributed by atoms with Gasteiger partial charge in [0, 0.05) is 11.0 Å². The molecular formula is C22H20F3NO6S. The number of carbonyl (C=O) groups is 1. The van der Waals surface area contributed by atoms with Gasteiger partial charge >= 0.3 is 12.1 Å². The van der Waals surface area contributed by atoms with Crippen molar-refractivity contribution in [1.29, 1.82) is 0 Å². The van der Waals surface area contributed by atoms with Crippen LogP contribution in [0.4, 0.5) is 13.2 Å². The van der Waals surface area contributed by atoms with E-state index in [-0.39, 0.29) is 27.9 Å². The molecule has 33 heavy (non-hydrogen) atoms. The highest BCUT2D eigenvalue weighted by molar-refractivity contribution is 7.94. The Kier molecular flexibility index (Phi) is 5.44. The van der Waals surface area contributed by atoms with Crippen LogP contribution in [0.2, 0.25) is 0 Å². The fraction of sp³-hybridized carbons (Fsp3) is 0.318. The van der Waals surface area contributed by atoms with Crippen molar-refractivity contribution >= 4 is 26.9 Å². The maximum Gasteiger partial charge on any atom is 0.416 e. The van der Waals surface area contributed by atoms with Gasteiger partial charge in [-0.25, -0.2) is 17.2 Å². The van der Waals surface area contributed by atoms with E-state index in [4.69, 9.17) is 9.47 Å². The molecule has 0 saturated heterocycles. The Balaban J connectivity index is 1.90. The van der Waals surface area contributed by atoms with Crippen LogP contribution in [0.5, 0.6) is 0 Å². The molecule has 0 bridgehead atoms. The molecule has 7 nitrogen and oxygen atoms in total. The van der Waals surface area contributed by atoms with Crippen molar-refractivity contribution in [1.82, 2.24) is 3.97 Å². The van der Waals surface area contributed by atoms with E-state index in [1.165, 1.54) is 38.5 Å². The number of aromatic nitrogens is 1. The van der Waals surface area contributed by atoms with Crippen molar-refractivity contribution in [3.05, 3.63) is 70.2 Å². The number of fused-ring (bicyclic) bond motifs is 2. The molecule has 176 valence electrons. The number of aliphatic carboxylic acids is 1. The van der Waals surface area contributed by atoms with Gasteiger partial charge in [-0.15, -0.1) is 0 Å². The number of nitrogens with zero attached hydrogens (tertiary/aromatic N) is 1. The Morgan fingerprint density at radius 3 is 2.61 bits per heavy atom. The van der Waals surface area contributed by atoms with Crippen LogP contribution in [0.15, 0.2) is 58.9 Å². The van der Waals surface area contributed by atoms with Crippen molar-refractivity contribution < 1.29 is 41.0 Å². The molecule has 2 aliphatic rings. The van der Waals surface area contributed by atoms with Crippen LogP contribution in [0, 0.1) is 0 Å². The number of halogens is 3. The minimum atomic E-state index is -4.61. The highest BCUT2D eigenvalue weighted by Crippen LogP contribution is 2.40. The van der Waals surface area contributed by atoms with Crippen molar-refractivity contribution in [2.24, 2.45) is 0 Å². The minimum absolute atomic E-state index is 0.0141. The van der Waals surface area contributed by atoms with E-state index in [1.807, 2.05) is 0 Å². The predicted molar refractivity (Wildman–Crippen MR) is 112 cm³/mol. The summed E-state index contributed by atoms with van der Waals surface area (Å²) in [6, 6.07) is 4.04. The quantitative estimate of drug-likeness (QED) is 0.641. The van der Waals surface area contributed by atoms with E-state index in [9.17, 15) is 31.5 Å². The predicted octanol–water partition coefficient (Wildman–Crippen LogP) is 4.69. The van der Waals surface area contributed by atoms with Crippen LogP contribution in [0.1, 0.15) is 37.9 Å². The molecule has 0 saturated carbocycles. The number of carboxylic acids is 1. The van der Waals surface area contributed by atoms with Gasteiger partial charge in [0.15, 0.2) is 5.60 Å². The molecule has 1 aromatic carbocycles. The first-order chi connectivity index (χ1) is 15.3. The summed E-state index contributed by atoms with van der Waals surface area (Å²) < 4.78 is 78.7. The Hall–Kier alpha value is -3.05. The highest BCUT2D eigenvalue weighted by atomic mass is 32.2. The topological polar surface area (TPSA) is 94.8 Å². The lowest BCUT2D eigenvalue weighted by atomic mass is 10.1. The molecule has 0 fully saturated rings. The maximum absolute atomic E-state index is 13.7. The van der Waals surface area contributed by atoms with Crippen molar-refractivity contribution in [3.63, 3.8) is 0 Å². The van der Waals surface area contributed by atoms with E-state index in [1.54, 1.807) is 0 Å². The Bertz CT molecular complexity index is 1350. The second kappa shape index (κ2) is 7.77. The molecule has 0 spiro atoms. The highest BCUT2D eigenvalue weighted by Gasteiger charge is 2.36. The molecule has 0 amide bonds. The van der Waals surface area contributed by atoms with Crippen molar-refractivity contribution in [2.75, 3.05) is 0 Å². The zero-order valence-electron chi connectivity index (χ0n) is 17.6. The monoisotopic (exact) mass is 483 g/mol. The van der Waals surface area contributed by atoms with Gasteiger partial charge in [0.05, 0.1) is 40.8 Å². The molecule has 1 N–H and O–H groups in total. The summed E-state index contributed by atoms with van der Waals surface area (Å²) in [7, 11) is -4.22. The van der Waals surface area contributed by atoms with Gasteiger partial charge < -0.3 is 14.6 Å². The van der Waals surface area contributed by atoms with E-state index >= 15 is 0 Å². The molecule has 0 atom stereocenters. The largest absolute Gasteiger partial charge is 0.479 e. The second-order valence-corrected chi connectivity index (χ2v) is 10.0. The first-order valence-electron chi connectivity index (χ1n) is 9.91. The third-order valence-electron chi connectivity index (χ3n) is 5.60. The van der Waals surface area contributed by atoms with E-state index in [0.29, 0.717) is 17.6 Å². The zero-order valence-corrected chi connectivity index (χ0v) is 18.5. The fourth-order valence-electron chi connectivity index (χ4n) is 3.75. The van der Waals surface area contributed by atoms with E-state index < -0.39 is 39.9 Å². The molecule has 2 aromatic rings. The summed E-state index contributed by atoms with van der Waals surface area (Å²) in [5.41, 5.74) is -1.33. The number of alkyl halides is 3. The van der Waals surface area contributed by atoms with E-state index in [2.05, 4.69) is 0 Å². The minimum Gasteiger partial charge on any atom is -0.479 e. The number of ether oxygens (including phenoxy) is 2. The van der Waals surface area contributed by atoms with Gasteiger partial charge in [0.2, 0.25) is 0 Å². The van der Waals surface area contributed by atoms with Gasteiger partial charge in [-0.1, -0.05) is 0 Å². The van der Waals surface area contributed by atoms with Gasteiger partial charge in [0.1, 0.15) is 0 Å². The molecule has 0 radical (unpaired) electrons. The number of hydrogen-bond acceptors (Lipinski definition) is 5. The molecule has 1 aliphatic heterocycles. The van der Waals surface area contributed by atoms with Crippen LogP contribution < -0.4 is 0 Å². The summed E-state index contributed by atoms with van der Waals surface area (Å²) in [5.74, 6) is -1.27. The first kappa shape index (κ1) is 23.1. The average Bonchev–Trinajstić information content (AvgIpc) is 3.33. The molecule has 1 aromatic heterocycles. The normalized spacial score (nSPS) is 16.7. The standard InChI is InChI=1S/C22H20F3NO6S/c1-21(2,20(27)28)32-12-16-10-14-9-15(22(23,24)25)4-5-18(14)26(16)33(29,30)19-6-3-13-11-31-8-7-17(13)19/h4-5,7-11H,3,6,12H2,1-2H3,(H,27,28). The number of allylic oxidation sites excluding steroid dienone is 4. The molecule has 1 aliphatic carbocycles. The lowest BCUT2D eigenvalue weighted by Gasteiger charge is -2.21. The van der Waals surface area contributed by atoms with Crippen molar-refractivity contribution in [3.8, 4) is 0 Å². The Labute approximate surface area is 187 Å². The smallest absolute Gasteiger partial charge is 0.416 e. The Morgan fingerprint density at radius 2 is 1.94 bits per heavy atom. The first-order valence-corrected chi connectivity index (χ1v) is 11.4. The third-order valence-corrected chi connectivity index (χ3v) is 7.55. The van der Waals surface area contributed by atoms with Gasteiger partial charge in [0.25, 0.3) is 10.0 Å². The summed E-state index contributed by atoms with van der Waals surface area (Å²) in [4.78, 5) is 11.5. The summed E-state index contributed by atoms with van der Waals surface area (Å²) >= 11 is 0. The van der Waals surface area contributed by atoms with Crippen LogP contribution >= 0.6 is 0 Å². The molecule has 0 unspecified atom stereocenters. The van der Waals surface area contributed by atoms with Gasteiger partial charge in [-0.3, -0.25) is 0 Å². The number of hydrogen-bond donors (Lipinski definition) is 1. The SMILES string of the molecule is CC(C)(OCc1cc2cc(C(F)(F)F)ccc2n1S(=O)(=O)C1=C2C=COC=C2CC1)C(=O)O. The number of rotatable bonds is 6. The van der Waals surface area contributed by atoms with E-state index in [0.717, 1.165) is 22.2 Å². The zero-order chi connectivity index (χ0) is 24.2. The molecule has 4 rings (SSSR count). The average molecular weight is 483 g/mol. The lowest BCUT2D eigenvalue weighted by molar-refractivity contribution is -0.162. The summed E-state index contributed by atoms with van der Waals surface area (Å²) in [5, 5.41) is 9.35. The molecular weight excluding hydrogens is 463 g/mol. The van der Waals surface area contributed by atoms with Crippen LogP contribution in [0.25, 0.3) is 10.9 Å².